The SMILES string of the molecule is Cc1cc(C2(N=C=O)CCC2)cc(Cl)c1O. The average molecular weight is 238 g/mol. The molecule has 2 rings (SSSR count). The molecule has 84 valence electrons. The summed E-state index contributed by atoms with van der Waals surface area (Å²) in [5.41, 5.74) is 1.14. The lowest BCUT2D eigenvalue weighted by atomic mass is 9.72. The van der Waals surface area contributed by atoms with Gasteiger partial charge in [0.05, 0.1) is 10.6 Å². The molecule has 0 spiro atoms. The van der Waals surface area contributed by atoms with Crippen molar-refractivity contribution in [3.63, 3.8) is 0 Å². The molecule has 1 aliphatic carbocycles. The van der Waals surface area contributed by atoms with E-state index in [1.807, 2.05) is 6.07 Å². The lowest BCUT2D eigenvalue weighted by molar-refractivity contribution is 0.255. The fourth-order valence-electron chi connectivity index (χ4n) is 2.07. The summed E-state index contributed by atoms with van der Waals surface area (Å²) in [5, 5.41) is 9.88. The number of aromatic hydroxyl groups is 1. The number of hydrogen-bond acceptors (Lipinski definition) is 3. The number of halogens is 1. The van der Waals surface area contributed by atoms with Gasteiger partial charge in [-0.15, -0.1) is 0 Å². The quantitative estimate of drug-likeness (QED) is 0.635. The normalized spacial score (nSPS) is 17.4. The van der Waals surface area contributed by atoms with Crippen LogP contribution >= 0.6 is 11.6 Å². The number of rotatable bonds is 2. The van der Waals surface area contributed by atoms with Gasteiger partial charge in [-0.2, -0.15) is 4.99 Å². The minimum Gasteiger partial charge on any atom is -0.506 e. The first-order valence-corrected chi connectivity index (χ1v) is 5.55. The summed E-state index contributed by atoms with van der Waals surface area (Å²) in [5.74, 6) is 0.0926. The van der Waals surface area contributed by atoms with Crippen molar-refractivity contribution in [2.45, 2.75) is 31.7 Å². The Morgan fingerprint density at radius 1 is 1.50 bits per heavy atom. The molecule has 1 N–H and O–H groups in total. The summed E-state index contributed by atoms with van der Waals surface area (Å²) < 4.78 is 0. The molecule has 0 atom stereocenters. The van der Waals surface area contributed by atoms with Gasteiger partial charge in [0, 0.05) is 0 Å². The molecule has 0 bridgehead atoms. The van der Waals surface area contributed by atoms with Crippen LogP contribution in [-0.2, 0) is 10.3 Å². The molecule has 4 heteroatoms. The monoisotopic (exact) mass is 237 g/mol. The third-order valence-electron chi connectivity index (χ3n) is 3.23. The molecule has 0 radical (unpaired) electrons. The van der Waals surface area contributed by atoms with Crippen LogP contribution in [0.4, 0.5) is 0 Å². The van der Waals surface area contributed by atoms with Gasteiger partial charge in [-0.1, -0.05) is 11.6 Å². The van der Waals surface area contributed by atoms with Gasteiger partial charge < -0.3 is 5.11 Å². The van der Waals surface area contributed by atoms with Crippen molar-refractivity contribution in [1.82, 2.24) is 0 Å². The Morgan fingerprint density at radius 2 is 2.19 bits per heavy atom. The van der Waals surface area contributed by atoms with Crippen molar-refractivity contribution in [2.75, 3.05) is 0 Å². The lowest BCUT2D eigenvalue weighted by Crippen LogP contribution is -2.31. The standard InChI is InChI=1S/C12H12ClNO2/c1-8-5-9(6-10(13)11(8)16)12(14-7-15)3-2-4-12/h5-6,16H,2-4H2,1H3. The second-order valence-electron chi connectivity index (χ2n) is 4.21. The van der Waals surface area contributed by atoms with Crippen molar-refractivity contribution < 1.29 is 9.90 Å². The molecule has 0 unspecified atom stereocenters. The Balaban J connectivity index is 2.51. The van der Waals surface area contributed by atoms with Gasteiger partial charge >= 0.3 is 0 Å². The average Bonchev–Trinajstić information content (AvgIpc) is 2.19. The van der Waals surface area contributed by atoms with E-state index in [-0.39, 0.29) is 5.75 Å². The first-order valence-electron chi connectivity index (χ1n) is 5.18. The number of nitrogens with zero attached hydrogens (tertiary/aromatic N) is 1. The number of aryl methyl sites for hydroxylation is 1. The van der Waals surface area contributed by atoms with Crippen molar-refractivity contribution in [3.05, 3.63) is 28.3 Å². The number of aliphatic imine (C=N–C) groups is 1. The molecule has 1 saturated carbocycles. The predicted molar refractivity (Wildman–Crippen MR) is 61.5 cm³/mol. The summed E-state index contributed by atoms with van der Waals surface area (Å²) in [7, 11) is 0. The summed E-state index contributed by atoms with van der Waals surface area (Å²) in [6, 6.07) is 3.52. The van der Waals surface area contributed by atoms with Crippen LogP contribution < -0.4 is 0 Å². The van der Waals surface area contributed by atoms with Gasteiger partial charge in [0.25, 0.3) is 0 Å². The number of benzene rings is 1. The van der Waals surface area contributed by atoms with Crippen LogP contribution in [0.5, 0.6) is 5.75 Å². The van der Waals surface area contributed by atoms with Crippen LogP contribution in [-0.4, -0.2) is 11.2 Å². The molecular weight excluding hydrogens is 226 g/mol. The predicted octanol–water partition coefficient (Wildman–Crippen LogP) is 3.07. The van der Waals surface area contributed by atoms with Crippen LogP contribution in [0, 0.1) is 6.92 Å². The van der Waals surface area contributed by atoms with Gasteiger partial charge in [0.2, 0.25) is 6.08 Å². The summed E-state index contributed by atoms with van der Waals surface area (Å²) in [6.45, 7) is 1.78. The van der Waals surface area contributed by atoms with E-state index in [2.05, 4.69) is 4.99 Å². The summed E-state index contributed by atoms with van der Waals surface area (Å²) in [4.78, 5) is 14.3. The molecule has 1 aliphatic rings. The van der Waals surface area contributed by atoms with E-state index in [0.717, 1.165) is 24.8 Å². The number of carbonyl (C=O) groups excluding carboxylic acids is 1. The molecule has 0 aliphatic heterocycles. The summed E-state index contributed by atoms with van der Waals surface area (Å²) >= 11 is 5.92. The molecule has 1 aromatic carbocycles. The molecule has 1 aromatic rings. The van der Waals surface area contributed by atoms with Crippen LogP contribution in [0.3, 0.4) is 0 Å². The molecule has 0 heterocycles. The molecule has 0 amide bonds. The lowest BCUT2D eigenvalue weighted by Gasteiger charge is -2.37. The van der Waals surface area contributed by atoms with Gasteiger partial charge in [0.15, 0.2) is 0 Å². The van der Waals surface area contributed by atoms with Gasteiger partial charge in [0.1, 0.15) is 5.75 Å². The highest BCUT2D eigenvalue weighted by Crippen LogP contribution is 2.46. The Kier molecular flexibility index (Phi) is 2.75. The zero-order valence-electron chi connectivity index (χ0n) is 8.96. The second-order valence-corrected chi connectivity index (χ2v) is 4.62. The Labute approximate surface area is 98.8 Å². The largest absolute Gasteiger partial charge is 0.506 e. The minimum absolute atomic E-state index is 0.0926. The second kappa shape index (κ2) is 3.93. The first kappa shape index (κ1) is 11.2. The first-order chi connectivity index (χ1) is 7.59. The van der Waals surface area contributed by atoms with E-state index in [0.29, 0.717) is 10.6 Å². The highest BCUT2D eigenvalue weighted by Gasteiger charge is 2.39. The van der Waals surface area contributed by atoms with Gasteiger partial charge in [-0.25, -0.2) is 4.79 Å². The summed E-state index contributed by atoms with van der Waals surface area (Å²) in [6.07, 6.45) is 4.35. The Hall–Kier alpha value is -1.31. The van der Waals surface area contributed by atoms with Crippen LogP contribution in [0.1, 0.15) is 30.4 Å². The Bertz CT molecular complexity index is 451. The fourth-order valence-corrected chi connectivity index (χ4v) is 2.34. The van der Waals surface area contributed by atoms with E-state index in [9.17, 15) is 9.90 Å². The smallest absolute Gasteiger partial charge is 0.235 e. The van der Waals surface area contributed by atoms with E-state index in [1.54, 1.807) is 19.1 Å². The third-order valence-corrected chi connectivity index (χ3v) is 3.52. The van der Waals surface area contributed by atoms with E-state index in [1.165, 1.54) is 0 Å². The van der Waals surface area contributed by atoms with Crippen molar-refractivity contribution in [3.8, 4) is 5.75 Å². The molecular formula is C12H12ClNO2. The highest BCUT2D eigenvalue weighted by atomic mass is 35.5. The van der Waals surface area contributed by atoms with Crippen LogP contribution in [0.15, 0.2) is 17.1 Å². The van der Waals surface area contributed by atoms with Crippen LogP contribution in [0.25, 0.3) is 0 Å². The Morgan fingerprint density at radius 3 is 2.62 bits per heavy atom. The molecule has 0 saturated heterocycles. The van der Waals surface area contributed by atoms with E-state index < -0.39 is 5.54 Å². The minimum atomic E-state index is -0.455. The zero-order chi connectivity index (χ0) is 11.8. The molecule has 3 nitrogen and oxygen atoms in total. The van der Waals surface area contributed by atoms with Gasteiger partial charge in [-0.05, 0) is 49.4 Å². The van der Waals surface area contributed by atoms with Crippen molar-refractivity contribution in [2.24, 2.45) is 4.99 Å². The molecule has 16 heavy (non-hydrogen) atoms. The van der Waals surface area contributed by atoms with Crippen molar-refractivity contribution in [1.29, 1.82) is 0 Å². The van der Waals surface area contributed by atoms with Gasteiger partial charge in [-0.3, -0.25) is 0 Å². The number of hydrogen-bond donors (Lipinski definition) is 1. The van der Waals surface area contributed by atoms with E-state index >= 15 is 0 Å². The van der Waals surface area contributed by atoms with Crippen LogP contribution in [0.2, 0.25) is 5.02 Å². The topological polar surface area (TPSA) is 49.7 Å². The maximum atomic E-state index is 10.4. The van der Waals surface area contributed by atoms with E-state index in [4.69, 9.17) is 11.6 Å². The number of isocyanates is 1. The number of phenolic OH excluding ortho intramolecular Hbond substituents is 1. The maximum absolute atomic E-state index is 10.4. The molecule has 1 fully saturated rings. The molecule has 0 aromatic heterocycles. The highest BCUT2D eigenvalue weighted by molar-refractivity contribution is 6.32. The van der Waals surface area contributed by atoms with Crippen molar-refractivity contribution >= 4 is 17.7 Å². The number of phenols is 1. The third kappa shape index (κ3) is 1.62. The fraction of sp³-hybridized carbons (Fsp3) is 0.417. The zero-order valence-corrected chi connectivity index (χ0v) is 9.71. The maximum Gasteiger partial charge on any atom is 0.235 e.